The summed E-state index contributed by atoms with van der Waals surface area (Å²) in [5.41, 5.74) is -0.464. The molecule has 0 aromatic rings. The van der Waals surface area contributed by atoms with Gasteiger partial charge in [-0.05, 0) is 40.5 Å². The fraction of sp³-hybridized carbons (Fsp3) is 0.750. The zero-order valence-corrected chi connectivity index (χ0v) is 14.3. The average Bonchev–Trinajstić information content (AvgIpc) is 3.23. The maximum Gasteiger partial charge on any atom is 0.410 e. The van der Waals surface area contributed by atoms with E-state index >= 15 is 0 Å². The largest absolute Gasteiger partial charge is 0.444 e. The van der Waals surface area contributed by atoms with Crippen LogP contribution in [-0.2, 0) is 4.74 Å². The molecule has 0 heterocycles. The Balaban J connectivity index is 2.52. The lowest BCUT2D eigenvalue weighted by Gasteiger charge is -2.27. The number of ether oxygens (including phenoxy) is 1. The minimum atomic E-state index is -0.464. The number of aliphatic imine (C=N–C) groups is 1. The quantitative estimate of drug-likeness (QED) is 0.429. The van der Waals surface area contributed by atoms with Crippen molar-refractivity contribution in [3.63, 3.8) is 0 Å². The Morgan fingerprint density at radius 2 is 2.09 bits per heavy atom. The molecule has 1 saturated carbocycles. The minimum Gasteiger partial charge on any atom is -0.444 e. The van der Waals surface area contributed by atoms with Gasteiger partial charge in [-0.3, -0.25) is 4.99 Å². The van der Waals surface area contributed by atoms with Crippen LogP contribution >= 0.6 is 0 Å². The molecule has 0 radical (unpaired) electrons. The Morgan fingerprint density at radius 3 is 2.59 bits per heavy atom. The Kier molecular flexibility index (Phi) is 7.21. The van der Waals surface area contributed by atoms with Gasteiger partial charge in [0, 0.05) is 25.7 Å². The molecule has 0 bridgehead atoms. The summed E-state index contributed by atoms with van der Waals surface area (Å²) in [5.74, 6) is 0.738. The highest BCUT2D eigenvalue weighted by molar-refractivity contribution is 5.79. The number of carbonyl (C=O) groups is 1. The predicted molar refractivity (Wildman–Crippen MR) is 90.1 cm³/mol. The summed E-state index contributed by atoms with van der Waals surface area (Å²) in [6.45, 7) is 13.9. The third-order valence-electron chi connectivity index (χ3n) is 2.98. The number of nitrogens with one attached hydrogen (secondary N) is 2. The molecule has 1 rings (SSSR count). The summed E-state index contributed by atoms with van der Waals surface area (Å²) in [6.07, 6.45) is 3.65. The van der Waals surface area contributed by atoms with Gasteiger partial charge in [-0.2, -0.15) is 0 Å². The van der Waals surface area contributed by atoms with Crippen LogP contribution in [0.15, 0.2) is 17.6 Å². The monoisotopic (exact) mass is 310 g/mol. The van der Waals surface area contributed by atoms with E-state index in [1.807, 2.05) is 27.7 Å². The van der Waals surface area contributed by atoms with E-state index in [1.165, 1.54) is 0 Å². The zero-order chi connectivity index (χ0) is 16.6. The van der Waals surface area contributed by atoms with Crippen molar-refractivity contribution in [2.45, 2.75) is 52.2 Å². The first-order valence-corrected chi connectivity index (χ1v) is 8.00. The van der Waals surface area contributed by atoms with E-state index in [0.717, 1.165) is 25.3 Å². The third-order valence-corrected chi connectivity index (χ3v) is 2.98. The van der Waals surface area contributed by atoms with Gasteiger partial charge in [0.1, 0.15) is 5.60 Å². The molecule has 1 aliphatic carbocycles. The fourth-order valence-electron chi connectivity index (χ4n) is 1.91. The Hall–Kier alpha value is -1.72. The van der Waals surface area contributed by atoms with Crippen molar-refractivity contribution in [2.75, 3.05) is 26.2 Å². The first kappa shape index (κ1) is 18.3. The molecule has 22 heavy (non-hydrogen) atoms. The molecule has 0 aromatic carbocycles. The van der Waals surface area contributed by atoms with Crippen LogP contribution in [0.5, 0.6) is 0 Å². The summed E-state index contributed by atoms with van der Waals surface area (Å²) in [5, 5.41) is 6.30. The van der Waals surface area contributed by atoms with Crippen LogP contribution in [0, 0.1) is 0 Å². The van der Waals surface area contributed by atoms with E-state index in [2.05, 4.69) is 22.2 Å². The van der Waals surface area contributed by atoms with Gasteiger partial charge >= 0.3 is 6.09 Å². The molecule has 0 spiro atoms. The second-order valence-electron chi connectivity index (χ2n) is 6.34. The first-order chi connectivity index (χ1) is 10.4. The molecule has 6 heteroatoms. The van der Waals surface area contributed by atoms with Crippen molar-refractivity contribution in [1.29, 1.82) is 0 Å². The summed E-state index contributed by atoms with van der Waals surface area (Å²) >= 11 is 0. The number of hydrogen-bond acceptors (Lipinski definition) is 3. The molecular formula is C16H30N4O2. The molecule has 1 aliphatic rings. The second kappa shape index (κ2) is 8.66. The van der Waals surface area contributed by atoms with Crippen molar-refractivity contribution in [2.24, 2.45) is 4.99 Å². The summed E-state index contributed by atoms with van der Waals surface area (Å²) in [4.78, 5) is 18.5. The van der Waals surface area contributed by atoms with Crippen LogP contribution in [0.1, 0.15) is 40.5 Å². The van der Waals surface area contributed by atoms with Gasteiger partial charge in [-0.25, -0.2) is 4.79 Å². The lowest BCUT2D eigenvalue weighted by atomic mass is 10.2. The van der Waals surface area contributed by atoms with Crippen molar-refractivity contribution < 1.29 is 9.53 Å². The predicted octanol–water partition coefficient (Wildman–Crippen LogP) is 2.13. The highest BCUT2D eigenvalue weighted by atomic mass is 16.6. The number of carbonyl (C=O) groups excluding carboxylic acids is 1. The molecule has 0 aromatic heterocycles. The molecule has 1 fully saturated rings. The number of amides is 1. The van der Waals surface area contributed by atoms with Crippen LogP contribution in [0.3, 0.4) is 0 Å². The van der Waals surface area contributed by atoms with Gasteiger partial charge in [0.25, 0.3) is 0 Å². The lowest BCUT2D eigenvalue weighted by Crippen LogP contribution is -2.41. The number of guanidine groups is 1. The van der Waals surface area contributed by atoms with Crippen LogP contribution in [0.2, 0.25) is 0 Å². The molecule has 0 atom stereocenters. The van der Waals surface area contributed by atoms with Crippen LogP contribution in [-0.4, -0.2) is 54.8 Å². The van der Waals surface area contributed by atoms with Gasteiger partial charge in [-0.15, -0.1) is 6.58 Å². The molecular weight excluding hydrogens is 280 g/mol. The molecule has 0 saturated heterocycles. The summed E-state index contributed by atoms with van der Waals surface area (Å²) in [7, 11) is 0. The topological polar surface area (TPSA) is 66.0 Å². The highest BCUT2D eigenvalue weighted by Gasteiger charge is 2.34. The number of hydrogen-bond donors (Lipinski definition) is 2. The molecule has 0 unspecified atom stereocenters. The highest BCUT2D eigenvalue weighted by Crippen LogP contribution is 2.28. The van der Waals surface area contributed by atoms with Crippen LogP contribution < -0.4 is 10.6 Å². The van der Waals surface area contributed by atoms with E-state index < -0.39 is 5.60 Å². The zero-order valence-electron chi connectivity index (χ0n) is 14.3. The smallest absolute Gasteiger partial charge is 0.410 e. The van der Waals surface area contributed by atoms with E-state index in [-0.39, 0.29) is 6.09 Å². The van der Waals surface area contributed by atoms with E-state index in [0.29, 0.717) is 25.7 Å². The molecule has 1 amide bonds. The molecule has 2 N–H and O–H groups in total. The second-order valence-corrected chi connectivity index (χ2v) is 6.34. The van der Waals surface area contributed by atoms with Crippen LogP contribution in [0.4, 0.5) is 4.79 Å². The summed E-state index contributed by atoms with van der Waals surface area (Å²) < 4.78 is 5.47. The van der Waals surface area contributed by atoms with Crippen molar-refractivity contribution in [1.82, 2.24) is 15.5 Å². The van der Waals surface area contributed by atoms with Crippen molar-refractivity contribution >= 4 is 12.1 Å². The fourth-order valence-corrected chi connectivity index (χ4v) is 1.91. The van der Waals surface area contributed by atoms with E-state index in [1.54, 1.807) is 11.0 Å². The maximum absolute atomic E-state index is 12.2. The van der Waals surface area contributed by atoms with Gasteiger partial charge in [0.05, 0.1) is 6.54 Å². The van der Waals surface area contributed by atoms with E-state index in [4.69, 9.17) is 4.74 Å². The first-order valence-electron chi connectivity index (χ1n) is 8.00. The Morgan fingerprint density at radius 1 is 1.41 bits per heavy atom. The molecule has 126 valence electrons. The summed E-state index contributed by atoms with van der Waals surface area (Å²) in [6, 6.07) is 0.314. The van der Waals surface area contributed by atoms with Gasteiger partial charge < -0.3 is 20.3 Å². The van der Waals surface area contributed by atoms with E-state index in [9.17, 15) is 4.79 Å². The molecule has 6 nitrogen and oxygen atoms in total. The molecule has 0 aliphatic heterocycles. The third kappa shape index (κ3) is 7.33. The number of rotatable bonds is 7. The average molecular weight is 310 g/mol. The SMILES string of the molecule is C=CCNC(=NCCN(C(=O)OC(C)(C)C)C1CC1)NCC. The normalized spacial score (nSPS) is 15.2. The van der Waals surface area contributed by atoms with Gasteiger partial charge in [-0.1, -0.05) is 6.08 Å². The van der Waals surface area contributed by atoms with Crippen molar-refractivity contribution in [3.05, 3.63) is 12.7 Å². The van der Waals surface area contributed by atoms with Crippen LogP contribution in [0.25, 0.3) is 0 Å². The van der Waals surface area contributed by atoms with Gasteiger partial charge in [0.15, 0.2) is 5.96 Å². The Bertz CT molecular complexity index is 397. The lowest BCUT2D eigenvalue weighted by molar-refractivity contribution is 0.0240. The standard InChI is InChI=1S/C16H30N4O2/c1-6-10-18-14(17-7-2)19-11-12-20(13-8-9-13)15(21)22-16(3,4)5/h6,13H,1,7-12H2,2-5H3,(H2,17,18,19). The minimum absolute atomic E-state index is 0.241. The Labute approximate surface area is 134 Å². The number of nitrogens with zero attached hydrogens (tertiary/aromatic N) is 2. The van der Waals surface area contributed by atoms with Crippen molar-refractivity contribution in [3.8, 4) is 0 Å². The maximum atomic E-state index is 12.2. The van der Waals surface area contributed by atoms with Gasteiger partial charge in [0.2, 0.25) is 0 Å².